The van der Waals surface area contributed by atoms with Crippen molar-refractivity contribution in [3.8, 4) is 0 Å². The van der Waals surface area contributed by atoms with E-state index in [2.05, 4.69) is 51.7 Å². The third-order valence-corrected chi connectivity index (χ3v) is 4.76. The standard InChI is InChI=1S/C17H25BrN2O.ClH/c1-2-13(10-14-4-3-5-16(18)11-14)12-20-17(21)15-6-8-19-9-7-15;/h3-5,11,13,15,19H,2,6-10,12H2,1H3,(H,20,21);1H. The van der Waals surface area contributed by atoms with Gasteiger partial charge in [0.25, 0.3) is 0 Å². The Balaban J connectivity index is 0.00000242. The van der Waals surface area contributed by atoms with Crippen LogP contribution in [0.15, 0.2) is 28.7 Å². The number of carbonyl (C=O) groups is 1. The van der Waals surface area contributed by atoms with E-state index in [1.54, 1.807) is 0 Å². The molecule has 1 fully saturated rings. The monoisotopic (exact) mass is 388 g/mol. The zero-order chi connectivity index (χ0) is 15.1. The third kappa shape index (κ3) is 6.27. The van der Waals surface area contributed by atoms with Gasteiger partial charge in [0, 0.05) is 16.9 Å². The molecule has 0 aromatic heterocycles. The van der Waals surface area contributed by atoms with Crippen LogP contribution in [0.4, 0.5) is 0 Å². The summed E-state index contributed by atoms with van der Waals surface area (Å²) in [4.78, 5) is 12.2. The van der Waals surface area contributed by atoms with Gasteiger partial charge >= 0.3 is 0 Å². The molecule has 1 aliphatic heterocycles. The van der Waals surface area contributed by atoms with E-state index in [4.69, 9.17) is 0 Å². The summed E-state index contributed by atoms with van der Waals surface area (Å²) in [5, 5.41) is 6.46. The summed E-state index contributed by atoms with van der Waals surface area (Å²) < 4.78 is 1.12. The SMILES string of the molecule is CCC(CNC(=O)C1CCNCC1)Cc1cccc(Br)c1.Cl. The quantitative estimate of drug-likeness (QED) is 0.781. The molecule has 0 spiro atoms. The minimum absolute atomic E-state index is 0. The normalized spacial score (nSPS) is 16.6. The molecule has 1 heterocycles. The number of nitrogens with one attached hydrogen (secondary N) is 2. The number of benzene rings is 1. The van der Waals surface area contributed by atoms with E-state index >= 15 is 0 Å². The Morgan fingerprint density at radius 1 is 1.41 bits per heavy atom. The van der Waals surface area contributed by atoms with Crippen LogP contribution in [0.5, 0.6) is 0 Å². The van der Waals surface area contributed by atoms with Crippen molar-refractivity contribution in [1.29, 1.82) is 0 Å². The highest BCUT2D eigenvalue weighted by Gasteiger charge is 2.21. The maximum Gasteiger partial charge on any atom is 0.223 e. The molecule has 1 saturated heterocycles. The van der Waals surface area contributed by atoms with Crippen LogP contribution in [0.25, 0.3) is 0 Å². The summed E-state index contributed by atoms with van der Waals surface area (Å²) >= 11 is 3.51. The van der Waals surface area contributed by atoms with Gasteiger partial charge in [-0.05, 0) is 56.0 Å². The largest absolute Gasteiger partial charge is 0.356 e. The van der Waals surface area contributed by atoms with Crippen molar-refractivity contribution < 1.29 is 4.79 Å². The van der Waals surface area contributed by atoms with Gasteiger partial charge in [0.2, 0.25) is 5.91 Å². The lowest BCUT2D eigenvalue weighted by molar-refractivity contribution is -0.125. The predicted octanol–water partition coefficient (Wildman–Crippen LogP) is 3.56. The van der Waals surface area contributed by atoms with Gasteiger partial charge in [-0.2, -0.15) is 0 Å². The maximum atomic E-state index is 12.2. The molecular formula is C17H26BrClN2O. The molecule has 124 valence electrons. The highest BCUT2D eigenvalue weighted by Crippen LogP contribution is 2.17. The summed E-state index contributed by atoms with van der Waals surface area (Å²) in [5.41, 5.74) is 1.33. The fourth-order valence-corrected chi connectivity index (χ4v) is 3.28. The Bertz CT molecular complexity index is 464. The van der Waals surface area contributed by atoms with Crippen LogP contribution in [-0.2, 0) is 11.2 Å². The Hall–Kier alpha value is -0.580. The average Bonchev–Trinajstić information content (AvgIpc) is 2.52. The minimum Gasteiger partial charge on any atom is -0.356 e. The van der Waals surface area contributed by atoms with E-state index in [0.717, 1.165) is 49.8 Å². The highest BCUT2D eigenvalue weighted by molar-refractivity contribution is 9.10. The molecule has 3 nitrogen and oxygen atoms in total. The molecule has 0 saturated carbocycles. The van der Waals surface area contributed by atoms with E-state index in [1.807, 2.05) is 6.07 Å². The predicted molar refractivity (Wildman–Crippen MR) is 97.5 cm³/mol. The van der Waals surface area contributed by atoms with Crippen LogP contribution in [0, 0.1) is 11.8 Å². The van der Waals surface area contributed by atoms with Crippen LogP contribution in [-0.4, -0.2) is 25.5 Å². The van der Waals surface area contributed by atoms with Gasteiger partial charge in [0.15, 0.2) is 0 Å². The van der Waals surface area contributed by atoms with Crippen molar-refractivity contribution in [3.05, 3.63) is 34.3 Å². The fourth-order valence-electron chi connectivity index (χ4n) is 2.83. The van der Waals surface area contributed by atoms with Gasteiger partial charge in [0.1, 0.15) is 0 Å². The highest BCUT2D eigenvalue weighted by atomic mass is 79.9. The van der Waals surface area contributed by atoms with Gasteiger partial charge in [-0.3, -0.25) is 4.79 Å². The number of halogens is 2. The van der Waals surface area contributed by atoms with Gasteiger partial charge in [-0.15, -0.1) is 12.4 Å². The molecule has 1 amide bonds. The number of carbonyl (C=O) groups excluding carboxylic acids is 1. The van der Waals surface area contributed by atoms with Crippen molar-refractivity contribution in [1.82, 2.24) is 10.6 Å². The number of rotatable bonds is 6. The van der Waals surface area contributed by atoms with Crippen LogP contribution in [0.1, 0.15) is 31.7 Å². The Morgan fingerprint density at radius 3 is 2.77 bits per heavy atom. The van der Waals surface area contributed by atoms with E-state index in [1.165, 1.54) is 5.56 Å². The fraction of sp³-hybridized carbons (Fsp3) is 0.588. The zero-order valence-corrected chi connectivity index (χ0v) is 15.5. The number of hydrogen-bond acceptors (Lipinski definition) is 2. The summed E-state index contributed by atoms with van der Waals surface area (Å²) in [5.74, 6) is 0.948. The number of piperidine rings is 1. The molecule has 2 rings (SSSR count). The lowest BCUT2D eigenvalue weighted by Crippen LogP contribution is -2.40. The molecule has 22 heavy (non-hydrogen) atoms. The van der Waals surface area contributed by atoms with Crippen molar-refractivity contribution in [3.63, 3.8) is 0 Å². The smallest absolute Gasteiger partial charge is 0.223 e. The van der Waals surface area contributed by atoms with Gasteiger partial charge in [0.05, 0.1) is 0 Å². The van der Waals surface area contributed by atoms with E-state index in [-0.39, 0.29) is 24.2 Å². The Labute approximate surface area is 148 Å². The van der Waals surface area contributed by atoms with Gasteiger partial charge in [-0.1, -0.05) is 41.4 Å². The lowest BCUT2D eigenvalue weighted by atomic mass is 9.95. The second kappa shape index (κ2) is 10.2. The molecule has 0 bridgehead atoms. The molecule has 1 atom stereocenters. The molecule has 1 aromatic carbocycles. The lowest BCUT2D eigenvalue weighted by Gasteiger charge is -2.23. The topological polar surface area (TPSA) is 41.1 Å². The molecule has 1 unspecified atom stereocenters. The minimum atomic E-state index is 0. The van der Waals surface area contributed by atoms with Crippen LogP contribution < -0.4 is 10.6 Å². The zero-order valence-electron chi connectivity index (χ0n) is 13.1. The van der Waals surface area contributed by atoms with Crippen molar-refractivity contribution in [2.24, 2.45) is 11.8 Å². The van der Waals surface area contributed by atoms with Crippen molar-refractivity contribution >= 4 is 34.2 Å². The molecule has 0 aliphatic carbocycles. The third-order valence-electron chi connectivity index (χ3n) is 4.27. The Morgan fingerprint density at radius 2 is 2.14 bits per heavy atom. The summed E-state index contributed by atoms with van der Waals surface area (Å²) in [6, 6.07) is 8.43. The van der Waals surface area contributed by atoms with E-state index < -0.39 is 0 Å². The van der Waals surface area contributed by atoms with Gasteiger partial charge < -0.3 is 10.6 Å². The van der Waals surface area contributed by atoms with Crippen LogP contribution >= 0.6 is 28.3 Å². The Kier molecular flexibility index (Phi) is 9.06. The second-order valence-corrected chi connectivity index (χ2v) is 6.79. The van der Waals surface area contributed by atoms with E-state index in [9.17, 15) is 4.79 Å². The average molecular weight is 390 g/mol. The first-order chi connectivity index (χ1) is 10.2. The summed E-state index contributed by atoms with van der Waals surface area (Å²) in [6.45, 7) is 4.91. The summed E-state index contributed by atoms with van der Waals surface area (Å²) in [7, 11) is 0. The molecular weight excluding hydrogens is 364 g/mol. The van der Waals surface area contributed by atoms with Crippen molar-refractivity contribution in [2.45, 2.75) is 32.6 Å². The van der Waals surface area contributed by atoms with Gasteiger partial charge in [-0.25, -0.2) is 0 Å². The first kappa shape index (κ1) is 19.5. The molecule has 1 aliphatic rings. The molecule has 2 N–H and O–H groups in total. The molecule has 0 radical (unpaired) electrons. The van der Waals surface area contributed by atoms with Crippen molar-refractivity contribution in [2.75, 3.05) is 19.6 Å². The first-order valence-corrected chi connectivity index (χ1v) is 8.71. The van der Waals surface area contributed by atoms with Crippen LogP contribution in [0.2, 0.25) is 0 Å². The van der Waals surface area contributed by atoms with E-state index in [0.29, 0.717) is 5.92 Å². The summed E-state index contributed by atoms with van der Waals surface area (Å²) in [6.07, 6.45) is 4.03. The number of hydrogen-bond donors (Lipinski definition) is 2. The molecule has 5 heteroatoms. The second-order valence-electron chi connectivity index (χ2n) is 5.88. The van der Waals surface area contributed by atoms with Crippen LogP contribution in [0.3, 0.4) is 0 Å². The number of amides is 1. The maximum absolute atomic E-state index is 12.2. The molecule has 1 aromatic rings. The first-order valence-electron chi connectivity index (χ1n) is 7.92.